The number of hydrogen-bond acceptors (Lipinski definition) is 7. The smallest absolute Gasteiger partial charge is 0.359 e. The Morgan fingerprint density at radius 1 is 0.944 bits per heavy atom. The Hall–Kier alpha value is -3.84. The van der Waals surface area contributed by atoms with Crippen molar-refractivity contribution < 1.29 is 26.0 Å². The fraction of sp³-hybridized carbons (Fsp3) is 0.174. The van der Waals surface area contributed by atoms with E-state index in [0.717, 1.165) is 0 Å². The topological polar surface area (TPSA) is 123 Å². The summed E-state index contributed by atoms with van der Waals surface area (Å²) in [6, 6.07) is 13.3. The molecule has 0 radical (unpaired) electrons. The monoisotopic (exact) mass is 520 g/mol. The average Bonchev–Trinajstić information content (AvgIpc) is 2.80. The molecule has 2 aromatic heterocycles. The van der Waals surface area contributed by atoms with Gasteiger partial charge in [-0.05, 0) is 60.5 Å². The number of rotatable bonds is 7. The van der Waals surface area contributed by atoms with Crippen LogP contribution in [-0.4, -0.2) is 36.1 Å². The highest BCUT2D eigenvalue weighted by Gasteiger charge is 2.27. The molecule has 4 rings (SSSR count). The molecule has 0 saturated heterocycles. The number of primary sulfonamides is 1. The van der Waals surface area contributed by atoms with E-state index < -0.39 is 28.6 Å². The van der Waals surface area contributed by atoms with Crippen LogP contribution in [0.1, 0.15) is 11.1 Å². The lowest BCUT2D eigenvalue weighted by molar-refractivity contribution is -0.115. The van der Waals surface area contributed by atoms with Crippen molar-refractivity contribution in [3.8, 4) is 11.3 Å². The maximum absolute atomic E-state index is 13.3. The van der Waals surface area contributed by atoms with Gasteiger partial charge in [-0.25, -0.2) is 27.9 Å². The van der Waals surface area contributed by atoms with Crippen LogP contribution in [0.15, 0.2) is 59.5 Å². The van der Waals surface area contributed by atoms with E-state index in [9.17, 15) is 26.0 Å². The van der Waals surface area contributed by atoms with Gasteiger partial charge < -0.3 is 10.6 Å². The highest BCUT2D eigenvalue weighted by Crippen LogP contribution is 2.27. The Morgan fingerprint density at radius 3 is 2.31 bits per heavy atom. The zero-order valence-corrected chi connectivity index (χ0v) is 19.6. The molecule has 2 aromatic carbocycles. The van der Waals surface area contributed by atoms with Crippen molar-refractivity contribution in [2.75, 3.05) is 17.2 Å². The molecule has 36 heavy (non-hydrogen) atoms. The number of benzene rings is 2. The van der Waals surface area contributed by atoms with Crippen LogP contribution in [0.4, 0.5) is 29.3 Å². The van der Waals surface area contributed by atoms with Crippen molar-refractivity contribution in [1.29, 1.82) is 0 Å². The summed E-state index contributed by atoms with van der Waals surface area (Å²) in [6.07, 6.45) is -4.50. The van der Waals surface area contributed by atoms with Gasteiger partial charge in [0.15, 0.2) is 5.82 Å². The first-order valence-corrected chi connectivity index (χ1v) is 12.1. The molecule has 8 nitrogen and oxygen atoms in total. The van der Waals surface area contributed by atoms with Crippen molar-refractivity contribution in [3.63, 3.8) is 0 Å². The van der Waals surface area contributed by atoms with Gasteiger partial charge in [-0.3, -0.25) is 0 Å². The lowest BCUT2D eigenvalue weighted by Crippen LogP contribution is -2.22. The predicted molar refractivity (Wildman–Crippen MR) is 127 cm³/mol. The third-order valence-electron chi connectivity index (χ3n) is 5.14. The molecule has 13 heteroatoms. The highest BCUT2D eigenvalue weighted by atomic mass is 32.2. The second-order valence-electron chi connectivity index (χ2n) is 7.93. The largest absolute Gasteiger partial charge is 0.405 e. The molecule has 0 bridgehead atoms. The first-order valence-electron chi connectivity index (χ1n) is 10.5. The van der Waals surface area contributed by atoms with E-state index in [1.165, 1.54) is 30.3 Å². The lowest BCUT2D eigenvalue weighted by atomic mass is 10.1. The molecule has 0 saturated carbocycles. The van der Waals surface area contributed by atoms with Crippen LogP contribution in [0.3, 0.4) is 0 Å². The molecular formula is C23H20F4N6O2S. The average molecular weight is 521 g/mol. The van der Waals surface area contributed by atoms with E-state index in [-0.39, 0.29) is 34.2 Å². The quantitative estimate of drug-likeness (QED) is 0.309. The molecule has 0 unspecified atom stereocenters. The Morgan fingerprint density at radius 2 is 1.67 bits per heavy atom. The van der Waals surface area contributed by atoms with E-state index >= 15 is 0 Å². The number of aromatic nitrogens is 3. The van der Waals surface area contributed by atoms with Crippen molar-refractivity contribution in [2.24, 2.45) is 5.14 Å². The van der Waals surface area contributed by atoms with Crippen molar-refractivity contribution in [2.45, 2.75) is 24.5 Å². The molecule has 0 fully saturated rings. The zero-order chi connectivity index (χ0) is 26.1. The summed E-state index contributed by atoms with van der Waals surface area (Å²) < 4.78 is 75.2. The summed E-state index contributed by atoms with van der Waals surface area (Å²) in [6.45, 7) is 0.422. The van der Waals surface area contributed by atoms with E-state index in [1.54, 1.807) is 31.2 Å². The van der Waals surface area contributed by atoms with Crippen molar-refractivity contribution in [3.05, 3.63) is 71.5 Å². The minimum absolute atomic E-state index is 0.00475. The standard InChI is InChI=1S/C23H20F4N6O2S/c1-13-10-14(2-9-19(13)36(28,34)35)11-29-22-32-18-8-7-17(15-3-5-16(24)6-4-15)31-20(18)21(33-22)30-12-23(25,26)27/h2-10H,11-12H2,1H3,(H2,28,34,35)(H2,29,30,32,33). The van der Waals surface area contributed by atoms with Crippen LogP contribution in [-0.2, 0) is 16.6 Å². The summed E-state index contributed by atoms with van der Waals surface area (Å²) in [4.78, 5) is 12.9. The van der Waals surface area contributed by atoms with Gasteiger partial charge in [-0.2, -0.15) is 18.2 Å². The van der Waals surface area contributed by atoms with E-state index in [2.05, 4.69) is 25.6 Å². The maximum Gasteiger partial charge on any atom is 0.405 e. The third-order valence-corrected chi connectivity index (χ3v) is 6.21. The van der Waals surface area contributed by atoms with Gasteiger partial charge in [-0.1, -0.05) is 12.1 Å². The normalized spacial score (nSPS) is 12.1. The van der Waals surface area contributed by atoms with Gasteiger partial charge in [0.2, 0.25) is 16.0 Å². The number of nitrogens with one attached hydrogen (secondary N) is 2. The Balaban J connectivity index is 1.66. The SMILES string of the molecule is Cc1cc(CNc2nc(NCC(F)(F)F)c3nc(-c4ccc(F)cc4)ccc3n2)ccc1S(N)(=O)=O. The summed E-state index contributed by atoms with van der Waals surface area (Å²) >= 11 is 0. The maximum atomic E-state index is 13.3. The summed E-state index contributed by atoms with van der Waals surface area (Å²) in [5, 5.41) is 10.4. The van der Waals surface area contributed by atoms with Crippen LogP contribution < -0.4 is 15.8 Å². The first-order chi connectivity index (χ1) is 16.9. The number of alkyl halides is 3. The van der Waals surface area contributed by atoms with Crippen LogP contribution in [0, 0.1) is 12.7 Å². The minimum Gasteiger partial charge on any atom is -0.359 e. The first kappa shape index (κ1) is 25.3. The summed E-state index contributed by atoms with van der Waals surface area (Å²) in [5.41, 5.74) is 2.50. The van der Waals surface area contributed by atoms with Gasteiger partial charge >= 0.3 is 6.18 Å². The fourth-order valence-electron chi connectivity index (χ4n) is 3.50. The van der Waals surface area contributed by atoms with E-state index in [1.807, 2.05) is 0 Å². The third kappa shape index (κ3) is 6.04. The van der Waals surface area contributed by atoms with Crippen molar-refractivity contribution >= 4 is 32.8 Å². The van der Waals surface area contributed by atoms with Crippen LogP contribution in [0.2, 0.25) is 0 Å². The number of anilines is 2. The number of pyridine rings is 1. The van der Waals surface area contributed by atoms with E-state index in [0.29, 0.717) is 22.4 Å². The minimum atomic E-state index is -4.50. The van der Waals surface area contributed by atoms with Gasteiger partial charge in [0.1, 0.15) is 17.9 Å². The zero-order valence-electron chi connectivity index (χ0n) is 18.8. The summed E-state index contributed by atoms with van der Waals surface area (Å²) in [5.74, 6) is -0.526. The molecule has 0 spiro atoms. The number of halogens is 4. The lowest BCUT2D eigenvalue weighted by Gasteiger charge is -2.14. The van der Waals surface area contributed by atoms with E-state index in [4.69, 9.17) is 5.14 Å². The molecule has 188 valence electrons. The number of sulfonamides is 1. The van der Waals surface area contributed by atoms with Crippen molar-refractivity contribution in [1.82, 2.24) is 15.0 Å². The summed E-state index contributed by atoms with van der Waals surface area (Å²) in [7, 11) is -3.86. The molecule has 0 aliphatic carbocycles. The van der Waals surface area contributed by atoms with Gasteiger partial charge in [0.05, 0.1) is 16.1 Å². The fourth-order valence-corrected chi connectivity index (χ4v) is 4.27. The van der Waals surface area contributed by atoms with Gasteiger partial charge in [0, 0.05) is 12.1 Å². The Labute approximate surface area is 203 Å². The van der Waals surface area contributed by atoms with Crippen LogP contribution in [0.25, 0.3) is 22.3 Å². The number of nitrogens with zero attached hydrogens (tertiary/aromatic N) is 3. The number of hydrogen-bond donors (Lipinski definition) is 3. The second-order valence-corrected chi connectivity index (χ2v) is 9.46. The van der Waals surface area contributed by atoms with Crippen LogP contribution in [0.5, 0.6) is 0 Å². The molecule has 0 aliphatic heterocycles. The Kier molecular flexibility index (Phi) is 6.78. The number of nitrogens with two attached hydrogens (primary N) is 1. The highest BCUT2D eigenvalue weighted by molar-refractivity contribution is 7.89. The number of aryl methyl sites for hydroxylation is 1. The molecule has 4 aromatic rings. The van der Waals surface area contributed by atoms with Crippen LogP contribution >= 0.6 is 0 Å². The van der Waals surface area contributed by atoms with Gasteiger partial charge in [-0.15, -0.1) is 0 Å². The van der Waals surface area contributed by atoms with Gasteiger partial charge in [0.25, 0.3) is 0 Å². The molecule has 0 amide bonds. The second kappa shape index (κ2) is 9.66. The molecule has 0 aliphatic rings. The predicted octanol–water partition coefficient (Wildman–Crippen LogP) is 4.37. The molecule has 4 N–H and O–H groups in total. The molecular weight excluding hydrogens is 500 g/mol. The molecule has 2 heterocycles. The molecule has 0 atom stereocenters. The number of fused-ring (bicyclic) bond motifs is 1. The Bertz CT molecular complexity index is 1530.